The van der Waals surface area contributed by atoms with Crippen molar-refractivity contribution in [2.24, 2.45) is 5.73 Å². The van der Waals surface area contributed by atoms with E-state index in [4.69, 9.17) is 20.9 Å². The van der Waals surface area contributed by atoms with Crippen molar-refractivity contribution >= 4 is 23.0 Å². The normalized spacial score (nSPS) is 10.0. The van der Waals surface area contributed by atoms with Gasteiger partial charge in [0.05, 0.1) is 31.2 Å². The maximum atomic E-state index is 11.5. The molecule has 5 N–H and O–H groups in total. The number of nitrogens with two attached hydrogens (primary N) is 2. The molecule has 21 heavy (non-hydrogen) atoms. The van der Waals surface area contributed by atoms with Gasteiger partial charge in [-0.2, -0.15) is 0 Å². The second kappa shape index (κ2) is 6.04. The van der Waals surface area contributed by atoms with Crippen molar-refractivity contribution in [2.45, 2.75) is 0 Å². The monoisotopic (exact) mass is 287 g/mol. The highest BCUT2D eigenvalue weighted by molar-refractivity contribution is 6.00. The van der Waals surface area contributed by atoms with E-state index in [0.29, 0.717) is 34.1 Å². The van der Waals surface area contributed by atoms with Crippen LogP contribution in [-0.4, -0.2) is 20.1 Å². The van der Waals surface area contributed by atoms with Crippen molar-refractivity contribution < 1.29 is 14.3 Å². The van der Waals surface area contributed by atoms with Crippen molar-refractivity contribution in [2.75, 3.05) is 25.3 Å². The van der Waals surface area contributed by atoms with Gasteiger partial charge in [0.25, 0.3) is 5.91 Å². The summed E-state index contributed by atoms with van der Waals surface area (Å²) in [4.78, 5) is 11.5. The number of carbonyl (C=O) groups is 1. The van der Waals surface area contributed by atoms with Gasteiger partial charge in [0.1, 0.15) is 11.5 Å². The van der Waals surface area contributed by atoms with E-state index in [1.807, 2.05) is 0 Å². The molecule has 0 aliphatic carbocycles. The van der Waals surface area contributed by atoms with Gasteiger partial charge in [-0.25, -0.2) is 0 Å². The highest BCUT2D eigenvalue weighted by atomic mass is 16.5. The Morgan fingerprint density at radius 2 is 1.81 bits per heavy atom. The zero-order valence-electron chi connectivity index (χ0n) is 11.8. The third-order valence-corrected chi connectivity index (χ3v) is 2.99. The Hall–Kier alpha value is -2.89. The van der Waals surface area contributed by atoms with Crippen molar-refractivity contribution in [3.63, 3.8) is 0 Å². The summed E-state index contributed by atoms with van der Waals surface area (Å²) in [5.41, 5.74) is 13.1. The van der Waals surface area contributed by atoms with E-state index in [9.17, 15) is 4.79 Å². The van der Waals surface area contributed by atoms with Crippen LogP contribution in [0.1, 0.15) is 10.4 Å². The average Bonchev–Trinajstić information content (AvgIpc) is 2.47. The maximum absolute atomic E-state index is 11.5. The summed E-state index contributed by atoms with van der Waals surface area (Å²) >= 11 is 0. The third kappa shape index (κ3) is 3.17. The fourth-order valence-corrected chi connectivity index (χ4v) is 1.94. The van der Waals surface area contributed by atoms with Crippen LogP contribution in [0, 0.1) is 0 Å². The fraction of sp³-hybridized carbons (Fsp3) is 0.133. The molecule has 0 bridgehead atoms. The summed E-state index contributed by atoms with van der Waals surface area (Å²) in [6.07, 6.45) is 0. The zero-order valence-corrected chi connectivity index (χ0v) is 11.8. The van der Waals surface area contributed by atoms with Gasteiger partial charge in [-0.1, -0.05) is 0 Å². The molecule has 0 heterocycles. The van der Waals surface area contributed by atoms with Crippen molar-refractivity contribution in [3.8, 4) is 11.5 Å². The number of rotatable bonds is 5. The Kier molecular flexibility index (Phi) is 4.18. The van der Waals surface area contributed by atoms with Crippen LogP contribution < -0.4 is 26.3 Å². The quantitative estimate of drug-likeness (QED) is 0.731. The Morgan fingerprint density at radius 3 is 2.43 bits per heavy atom. The minimum absolute atomic E-state index is 0.342. The first-order chi connectivity index (χ1) is 10.0. The first-order valence-corrected chi connectivity index (χ1v) is 6.23. The Balaban J connectivity index is 2.46. The second-order valence-corrected chi connectivity index (χ2v) is 4.36. The number of hydrogen-bond donors (Lipinski definition) is 3. The SMILES string of the molecule is COc1ccc(OC)c(Nc2cc(N)ccc2C(N)=O)c1. The molecule has 0 saturated heterocycles. The van der Waals surface area contributed by atoms with Crippen LogP contribution >= 0.6 is 0 Å². The number of nitrogens with one attached hydrogen (secondary N) is 1. The van der Waals surface area contributed by atoms with Crippen LogP contribution in [0.15, 0.2) is 36.4 Å². The molecule has 110 valence electrons. The standard InChI is InChI=1S/C15H17N3O3/c1-20-10-4-6-14(21-2)13(8-10)18-12-7-9(16)3-5-11(12)15(17)19/h3-8,18H,16H2,1-2H3,(H2,17,19). The molecule has 0 saturated carbocycles. The smallest absolute Gasteiger partial charge is 0.250 e. The largest absolute Gasteiger partial charge is 0.497 e. The molecule has 0 unspecified atom stereocenters. The summed E-state index contributed by atoms with van der Waals surface area (Å²) < 4.78 is 10.5. The van der Waals surface area contributed by atoms with E-state index in [1.165, 1.54) is 0 Å². The van der Waals surface area contributed by atoms with Crippen LogP contribution in [-0.2, 0) is 0 Å². The lowest BCUT2D eigenvalue weighted by Gasteiger charge is -2.15. The topological polar surface area (TPSA) is 99.6 Å². The minimum Gasteiger partial charge on any atom is -0.497 e. The highest BCUT2D eigenvalue weighted by Crippen LogP contribution is 2.33. The molecule has 2 aromatic rings. The molecule has 0 aliphatic heterocycles. The summed E-state index contributed by atoms with van der Waals surface area (Å²) in [6.45, 7) is 0. The first-order valence-electron chi connectivity index (χ1n) is 6.23. The lowest BCUT2D eigenvalue weighted by Crippen LogP contribution is -2.13. The van der Waals surface area contributed by atoms with Gasteiger partial charge in [0.15, 0.2) is 0 Å². The van der Waals surface area contributed by atoms with E-state index in [0.717, 1.165) is 0 Å². The highest BCUT2D eigenvalue weighted by Gasteiger charge is 2.12. The number of hydrogen-bond acceptors (Lipinski definition) is 5. The lowest BCUT2D eigenvalue weighted by molar-refractivity contribution is 0.100. The van der Waals surface area contributed by atoms with Gasteiger partial charge in [0.2, 0.25) is 0 Å². The minimum atomic E-state index is -0.542. The second-order valence-electron chi connectivity index (χ2n) is 4.36. The number of ether oxygens (including phenoxy) is 2. The molecule has 0 aromatic heterocycles. The van der Waals surface area contributed by atoms with Gasteiger partial charge in [-0.3, -0.25) is 4.79 Å². The predicted molar refractivity (Wildman–Crippen MR) is 82.2 cm³/mol. The summed E-state index contributed by atoms with van der Waals surface area (Å²) in [6, 6.07) is 10.1. The van der Waals surface area contributed by atoms with Crippen LogP contribution in [0.4, 0.5) is 17.1 Å². The van der Waals surface area contributed by atoms with Crippen LogP contribution in [0.3, 0.4) is 0 Å². The van der Waals surface area contributed by atoms with E-state index >= 15 is 0 Å². The third-order valence-electron chi connectivity index (χ3n) is 2.99. The number of anilines is 3. The maximum Gasteiger partial charge on any atom is 0.250 e. The van der Waals surface area contributed by atoms with E-state index in [-0.39, 0.29) is 0 Å². The van der Waals surface area contributed by atoms with Crippen LogP contribution in [0.25, 0.3) is 0 Å². The number of benzene rings is 2. The van der Waals surface area contributed by atoms with Gasteiger partial charge >= 0.3 is 0 Å². The molecule has 2 aromatic carbocycles. The number of primary amides is 1. The fourth-order valence-electron chi connectivity index (χ4n) is 1.94. The summed E-state index contributed by atoms with van der Waals surface area (Å²) in [5, 5.41) is 3.10. The van der Waals surface area contributed by atoms with Crippen molar-refractivity contribution in [3.05, 3.63) is 42.0 Å². The predicted octanol–water partition coefficient (Wildman–Crippen LogP) is 2.13. The molecule has 0 aliphatic rings. The van der Waals surface area contributed by atoms with E-state index < -0.39 is 5.91 Å². The summed E-state index contributed by atoms with van der Waals surface area (Å²) in [7, 11) is 3.13. The molecule has 0 atom stereocenters. The molecular formula is C15H17N3O3. The number of methoxy groups -OCH3 is 2. The molecule has 0 fully saturated rings. The summed E-state index contributed by atoms with van der Waals surface area (Å²) in [5.74, 6) is 0.718. The molecule has 6 nitrogen and oxygen atoms in total. The van der Waals surface area contributed by atoms with Crippen LogP contribution in [0.2, 0.25) is 0 Å². The van der Waals surface area contributed by atoms with E-state index in [1.54, 1.807) is 50.6 Å². The van der Waals surface area contributed by atoms with Crippen LogP contribution in [0.5, 0.6) is 11.5 Å². The number of carbonyl (C=O) groups excluding carboxylic acids is 1. The van der Waals surface area contributed by atoms with Crippen molar-refractivity contribution in [1.29, 1.82) is 0 Å². The molecule has 0 radical (unpaired) electrons. The first kappa shape index (κ1) is 14.5. The van der Waals surface area contributed by atoms with Gasteiger partial charge in [-0.05, 0) is 30.3 Å². The number of nitrogen functional groups attached to an aromatic ring is 1. The Morgan fingerprint density at radius 1 is 1.05 bits per heavy atom. The lowest BCUT2D eigenvalue weighted by atomic mass is 10.1. The van der Waals surface area contributed by atoms with Gasteiger partial charge in [0, 0.05) is 11.8 Å². The molecule has 2 rings (SSSR count). The Labute approximate surface area is 122 Å². The molecule has 0 spiro atoms. The molecular weight excluding hydrogens is 270 g/mol. The Bertz CT molecular complexity index is 671. The zero-order chi connectivity index (χ0) is 15.4. The average molecular weight is 287 g/mol. The van der Waals surface area contributed by atoms with Gasteiger partial charge in [-0.15, -0.1) is 0 Å². The van der Waals surface area contributed by atoms with Gasteiger partial charge < -0.3 is 26.3 Å². The van der Waals surface area contributed by atoms with Crippen molar-refractivity contribution in [1.82, 2.24) is 0 Å². The molecule has 6 heteroatoms. The van der Waals surface area contributed by atoms with E-state index in [2.05, 4.69) is 5.32 Å². The molecule has 1 amide bonds. The number of amides is 1.